The van der Waals surface area contributed by atoms with E-state index in [-0.39, 0.29) is 24.3 Å². The number of hydrogen-bond acceptors (Lipinski definition) is 4. The Morgan fingerprint density at radius 1 is 1.36 bits per heavy atom. The molecular weight excluding hydrogens is 296 g/mol. The molecule has 0 spiro atoms. The highest BCUT2D eigenvalue weighted by molar-refractivity contribution is 7.98. The second-order valence-electron chi connectivity index (χ2n) is 5.51. The molecule has 1 aromatic rings. The average Bonchev–Trinajstić information content (AvgIpc) is 2.58. The zero-order valence-electron chi connectivity index (χ0n) is 12.9. The Balaban J connectivity index is 1.90. The van der Waals surface area contributed by atoms with Gasteiger partial charge in [-0.05, 0) is 43.4 Å². The van der Waals surface area contributed by atoms with Gasteiger partial charge in [0.15, 0.2) is 0 Å². The van der Waals surface area contributed by atoms with Gasteiger partial charge in [-0.1, -0.05) is 12.8 Å². The monoisotopic (exact) mass is 318 g/mol. The van der Waals surface area contributed by atoms with E-state index in [2.05, 4.69) is 5.32 Å². The van der Waals surface area contributed by atoms with Crippen molar-refractivity contribution in [2.24, 2.45) is 11.8 Å². The lowest BCUT2D eigenvalue weighted by Crippen LogP contribution is -2.39. The molecule has 0 heterocycles. The number of carbonyl (C=O) groups is 1. The molecule has 4 nitrogen and oxygen atoms in total. The Labute approximate surface area is 136 Å². The molecule has 1 aliphatic rings. The molecule has 22 heavy (non-hydrogen) atoms. The van der Waals surface area contributed by atoms with E-state index >= 15 is 0 Å². The van der Waals surface area contributed by atoms with Crippen molar-refractivity contribution in [3.05, 3.63) is 24.3 Å². The maximum Gasteiger partial charge on any atom is 0.224 e. The van der Waals surface area contributed by atoms with Gasteiger partial charge in [0.2, 0.25) is 5.91 Å². The Morgan fingerprint density at radius 3 is 2.77 bits per heavy atom. The van der Waals surface area contributed by atoms with E-state index in [0.717, 1.165) is 31.4 Å². The number of rotatable bonds is 6. The van der Waals surface area contributed by atoms with Crippen molar-refractivity contribution < 1.29 is 9.53 Å². The van der Waals surface area contributed by atoms with Crippen LogP contribution in [0.4, 0.5) is 0 Å². The zero-order valence-corrected chi connectivity index (χ0v) is 13.7. The van der Waals surface area contributed by atoms with Crippen LogP contribution in [0.2, 0.25) is 0 Å². The molecule has 1 amide bonds. The second kappa shape index (κ2) is 8.70. The number of benzene rings is 1. The van der Waals surface area contributed by atoms with E-state index in [9.17, 15) is 4.79 Å². The lowest BCUT2D eigenvalue weighted by Gasteiger charge is -2.30. The fourth-order valence-electron chi connectivity index (χ4n) is 2.89. The molecule has 0 radical (unpaired) electrons. The van der Waals surface area contributed by atoms with Crippen molar-refractivity contribution in [3.8, 4) is 11.8 Å². The summed E-state index contributed by atoms with van der Waals surface area (Å²) in [7, 11) is 0. The van der Waals surface area contributed by atoms with Crippen LogP contribution >= 0.6 is 11.8 Å². The smallest absolute Gasteiger partial charge is 0.224 e. The van der Waals surface area contributed by atoms with Gasteiger partial charge in [-0.3, -0.25) is 4.79 Å². The Kier molecular flexibility index (Phi) is 6.60. The lowest BCUT2D eigenvalue weighted by atomic mass is 9.79. The largest absolute Gasteiger partial charge is 0.493 e. The zero-order chi connectivity index (χ0) is 15.8. The summed E-state index contributed by atoms with van der Waals surface area (Å²) in [6, 6.07) is 9.98. The van der Waals surface area contributed by atoms with E-state index in [1.165, 1.54) is 4.90 Å². The first-order chi connectivity index (χ1) is 10.7. The molecule has 0 aromatic heterocycles. The predicted octanol–water partition coefficient (Wildman–Crippen LogP) is 3.23. The molecule has 1 aliphatic carbocycles. The van der Waals surface area contributed by atoms with E-state index < -0.39 is 0 Å². The first-order valence-electron chi connectivity index (χ1n) is 7.66. The number of amides is 1. The number of ether oxygens (including phenoxy) is 1. The van der Waals surface area contributed by atoms with Gasteiger partial charge in [0.05, 0.1) is 12.7 Å². The highest BCUT2D eigenvalue weighted by Crippen LogP contribution is 2.31. The van der Waals surface area contributed by atoms with Crippen molar-refractivity contribution in [1.29, 1.82) is 5.26 Å². The Morgan fingerprint density at radius 2 is 2.09 bits per heavy atom. The summed E-state index contributed by atoms with van der Waals surface area (Å²) in [5.74, 6) is 1.03. The molecule has 5 heteroatoms. The molecule has 1 N–H and O–H groups in total. The number of nitrogens with one attached hydrogen (secondary N) is 1. The summed E-state index contributed by atoms with van der Waals surface area (Å²) >= 11 is 1.70. The molecule has 1 saturated carbocycles. The van der Waals surface area contributed by atoms with Gasteiger partial charge in [0, 0.05) is 16.7 Å². The molecule has 1 aromatic carbocycles. The van der Waals surface area contributed by atoms with Gasteiger partial charge in [0.1, 0.15) is 12.3 Å². The summed E-state index contributed by atoms with van der Waals surface area (Å²) in [5.41, 5.74) is 0. The summed E-state index contributed by atoms with van der Waals surface area (Å²) in [5, 5.41) is 11.3. The Hall–Kier alpha value is -1.67. The fourth-order valence-corrected chi connectivity index (χ4v) is 3.29. The van der Waals surface area contributed by atoms with E-state index in [4.69, 9.17) is 10.00 Å². The first-order valence-corrected chi connectivity index (χ1v) is 8.88. The first kappa shape index (κ1) is 16.7. The van der Waals surface area contributed by atoms with Crippen LogP contribution in [-0.4, -0.2) is 25.3 Å². The summed E-state index contributed by atoms with van der Waals surface area (Å²) in [6.45, 7) is 0.641. The maximum absolute atomic E-state index is 12.1. The van der Waals surface area contributed by atoms with Crippen molar-refractivity contribution in [1.82, 2.24) is 5.32 Å². The SMILES string of the molecule is CSc1ccc(OC[C@H]2CCCC[C@@H]2C(=O)NCC#N)cc1. The molecule has 2 atom stereocenters. The molecular formula is C17H22N2O2S. The number of carbonyl (C=O) groups excluding carboxylic acids is 1. The van der Waals surface area contributed by atoms with Crippen molar-refractivity contribution in [2.75, 3.05) is 19.4 Å². The Bertz CT molecular complexity index is 524. The number of thioether (sulfide) groups is 1. The van der Waals surface area contributed by atoms with Crippen LogP contribution in [0, 0.1) is 23.2 Å². The van der Waals surface area contributed by atoms with Crippen LogP contribution in [0.3, 0.4) is 0 Å². The number of nitrogens with zero attached hydrogens (tertiary/aromatic N) is 1. The summed E-state index contributed by atoms with van der Waals surface area (Å²) in [4.78, 5) is 13.3. The van der Waals surface area contributed by atoms with Crippen LogP contribution in [0.1, 0.15) is 25.7 Å². The third-order valence-electron chi connectivity index (χ3n) is 4.11. The van der Waals surface area contributed by atoms with Crippen LogP contribution < -0.4 is 10.1 Å². The van der Waals surface area contributed by atoms with Gasteiger partial charge in [-0.25, -0.2) is 0 Å². The van der Waals surface area contributed by atoms with Gasteiger partial charge in [0.25, 0.3) is 0 Å². The maximum atomic E-state index is 12.1. The van der Waals surface area contributed by atoms with Crippen molar-refractivity contribution in [3.63, 3.8) is 0 Å². The lowest BCUT2D eigenvalue weighted by molar-refractivity contribution is -0.128. The molecule has 0 unspecified atom stereocenters. The predicted molar refractivity (Wildman–Crippen MR) is 87.8 cm³/mol. The molecule has 0 bridgehead atoms. The third kappa shape index (κ3) is 4.67. The van der Waals surface area contributed by atoms with E-state index in [1.807, 2.05) is 36.6 Å². The van der Waals surface area contributed by atoms with Crippen molar-refractivity contribution in [2.45, 2.75) is 30.6 Å². The number of hydrogen-bond donors (Lipinski definition) is 1. The average molecular weight is 318 g/mol. The highest BCUT2D eigenvalue weighted by atomic mass is 32.2. The number of nitriles is 1. The van der Waals surface area contributed by atoms with Crippen LogP contribution in [0.15, 0.2) is 29.2 Å². The minimum absolute atomic E-state index is 0.00687. The van der Waals surface area contributed by atoms with Gasteiger partial charge in [-0.15, -0.1) is 11.8 Å². The van der Waals surface area contributed by atoms with Crippen molar-refractivity contribution >= 4 is 17.7 Å². The van der Waals surface area contributed by atoms with E-state index in [0.29, 0.717) is 6.61 Å². The second-order valence-corrected chi connectivity index (χ2v) is 6.39. The molecule has 0 aliphatic heterocycles. The summed E-state index contributed by atoms with van der Waals surface area (Å²) < 4.78 is 5.88. The molecule has 118 valence electrons. The van der Waals surface area contributed by atoms with Gasteiger partial charge in [-0.2, -0.15) is 5.26 Å². The van der Waals surface area contributed by atoms with Crippen LogP contribution in [0.5, 0.6) is 5.75 Å². The normalized spacial score (nSPS) is 20.9. The van der Waals surface area contributed by atoms with Gasteiger partial charge >= 0.3 is 0 Å². The third-order valence-corrected chi connectivity index (χ3v) is 4.85. The summed E-state index contributed by atoms with van der Waals surface area (Å²) in [6.07, 6.45) is 6.15. The van der Waals surface area contributed by atoms with Crippen LogP contribution in [0.25, 0.3) is 0 Å². The molecule has 2 rings (SSSR count). The van der Waals surface area contributed by atoms with E-state index in [1.54, 1.807) is 11.8 Å². The van der Waals surface area contributed by atoms with Crippen LogP contribution in [-0.2, 0) is 4.79 Å². The van der Waals surface area contributed by atoms with Gasteiger partial charge < -0.3 is 10.1 Å². The topological polar surface area (TPSA) is 62.1 Å². The minimum atomic E-state index is -0.0347. The minimum Gasteiger partial charge on any atom is -0.493 e. The molecule has 0 saturated heterocycles. The quantitative estimate of drug-likeness (QED) is 0.646. The molecule has 1 fully saturated rings. The standard InChI is InChI=1S/C17H22N2O2S/c1-22-15-8-6-14(7-9-15)21-12-13-4-2-3-5-16(13)17(20)19-11-10-18/h6-9,13,16H,2-5,11-12H2,1H3,(H,19,20)/t13-,16+/m1/s1. The fraction of sp³-hybridized carbons (Fsp3) is 0.529. The highest BCUT2D eigenvalue weighted by Gasteiger charge is 2.31.